The molecule has 1 aromatic carbocycles. The van der Waals surface area contributed by atoms with Gasteiger partial charge in [0.05, 0.1) is 5.75 Å². The van der Waals surface area contributed by atoms with Crippen LogP contribution in [0.2, 0.25) is 0 Å². The van der Waals surface area contributed by atoms with Crippen LogP contribution in [0, 0.1) is 10.7 Å². The van der Waals surface area contributed by atoms with E-state index in [1.165, 1.54) is 12.3 Å². The Morgan fingerprint density at radius 1 is 1.32 bits per heavy atom. The van der Waals surface area contributed by atoms with Gasteiger partial charge in [-0.2, -0.15) is 5.26 Å². The third-order valence-electron chi connectivity index (χ3n) is 2.37. The van der Waals surface area contributed by atoms with E-state index in [4.69, 9.17) is 14.4 Å². The van der Waals surface area contributed by atoms with Crippen molar-refractivity contribution in [2.24, 2.45) is 0 Å². The minimum Gasteiger partial charge on any atom is -0.482 e. The van der Waals surface area contributed by atoms with E-state index in [2.05, 4.69) is 0 Å². The van der Waals surface area contributed by atoms with E-state index in [1.54, 1.807) is 0 Å². The Labute approximate surface area is 114 Å². The predicted octanol–water partition coefficient (Wildman–Crippen LogP) is 2.93. The Morgan fingerprint density at radius 3 is 2.79 bits per heavy atom. The molecule has 0 radical (unpaired) electrons. The molecule has 1 aromatic heterocycles. The molecule has 0 bridgehead atoms. The minimum atomic E-state index is -0.240. The van der Waals surface area contributed by atoms with Gasteiger partial charge in [-0.05, 0) is 17.3 Å². The number of thiocyanates is 1. The zero-order valence-electron chi connectivity index (χ0n) is 10.0. The van der Waals surface area contributed by atoms with Crippen molar-refractivity contribution in [1.82, 2.24) is 0 Å². The van der Waals surface area contributed by atoms with Gasteiger partial charge in [-0.25, -0.2) is 0 Å². The summed E-state index contributed by atoms with van der Waals surface area (Å²) < 4.78 is 10.6. The lowest BCUT2D eigenvalue weighted by Crippen LogP contribution is -2.07. The largest absolute Gasteiger partial charge is 0.482 e. The number of hydrogen-bond acceptors (Lipinski definition) is 5. The van der Waals surface area contributed by atoms with Crippen LogP contribution in [0.3, 0.4) is 0 Å². The van der Waals surface area contributed by atoms with Crippen molar-refractivity contribution in [3.8, 4) is 11.2 Å². The molecule has 0 spiro atoms. The van der Waals surface area contributed by atoms with Crippen molar-refractivity contribution in [3.05, 3.63) is 64.2 Å². The summed E-state index contributed by atoms with van der Waals surface area (Å²) in [4.78, 5) is 11.7. The summed E-state index contributed by atoms with van der Waals surface area (Å²) in [6.07, 6.45) is 1.29. The van der Waals surface area contributed by atoms with Crippen molar-refractivity contribution < 1.29 is 9.15 Å². The van der Waals surface area contributed by atoms with Gasteiger partial charge in [-0.15, -0.1) is 0 Å². The topological polar surface area (TPSA) is 63.2 Å². The number of nitrogens with zero attached hydrogens (tertiary/aromatic N) is 1. The lowest BCUT2D eigenvalue weighted by molar-refractivity contribution is 0.290. The van der Waals surface area contributed by atoms with Gasteiger partial charge in [-0.3, -0.25) is 4.79 Å². The summed E-state index contributed by atoms with van der Waals surface area (Å²) in [5.41, 5.74) is 0.738. The second-order valence-corrected chi connectivity index (χ2v) is 4.49. The maximum absolute atomic E-state index is 11.7. The van der Waals surface area contributed by atoms with Gasteiger partial charge >= 0.3 is 0 Å². The van der Waals surface area contributed by atoms with E-state index >= 15 is 0 Å². The molecule has 0 amide bonds. The first-order valence-corrected chi connectivity index (χ1v) is 6.57. The predicted molar refractivity (Wildman–Crippen MR) is 72.7 cm³/mol. The number of nitriles is 1. The Balaban J connectivity index is 2.02. The zero-order valence-corrected chi connectivity index (χ0v) is 10.9. The summed E-state index contributed by atoms with van der Waals surface area (Å²) in [5.74, 6) is 0.989. The molecular weight excluding hydrogens is 262 g/mol. The Bertz CT molecular complexity index is 631. The summed E-state index contributed by atoms with van der Waals surface area (Å²) in [7, 11) is 0. The second-order valence-electron chi connectivity index (χ2n) is 3.73. The van der Waals surface area contributed by atoms with Crippen LogP contribution in [-0.2, 0) is 12.4 Å². The fourth-order valence-corrected chi connectivity index (χ4v) is 1.82. The van der Waals surface area contributed by atoms with Crippen LogP contribution >= 0.6 is 11.8 Å². The summed E-state index contributed by atoms with van der Waals surface area (Å²) in [5, 5.41) is 10.4. The Kier molecular flexibility index (Phi) is 4.65. The molecule has 2 rings (SSSR count). The molecule has 0 saturated heterocycles. The smallest absolute Gasteiger partial charge is 0.227 e. The van der Waals surface area contributed by atoms with Crippen molar-refractivity contribution in [3.63, 3.8) is 0 Å². The number of ether oxygens (including phenoxy) is 1. The van der Waals surface area contributed by atoms with E-state index < -0.39 is 0 Å². The number of rotatable bonds is 5. The molecule has 5 heteroatoms. The summed E-state index contributed by atoms with van der Waals surface area (Å²) in [6, 6.07) is 10.9. The van der Waals surface area contributed by atoms with E-state index in [0.29, 0.717) is 18.1 Å². The van der Waals surface area contributed by atoms with E-state index in [-0.39, 0.29) is 11.2 Å². The molecule has 19 heavy (non-hydrogen) atoms. The maximum Gasteiger partial charge on any atom is 0.227 e. The van der Waals surface area contributed by atoms with Crippen molar-refractivity contribution in [2.75, 3.05) is 0 Å². The normalized spacial score (nSPS) is 9.84. The quantitative estimate of drug-likeness (QED) is 0.784. The van der Waals surface area contributed by atoms with Crippen molar-refractivity contribution >= 4 is 11.8 Å². The SMILES string of the molecule is N#CSCc1cc(=O)c(OCc2ccccc2)co1. The summed E-state index contributed by atoms with van der Waals surface area (Å²) in [6.45, 7) is 0.317. The standard InChI is InChI=1S/C14H11NO3S/c15-10-19-9-12-6-13(16)14(8-17-12)18-7-11-4-2-1-3-5-11/h1-6,8H,7,9H2. The lowest BCUT2D eigenvalue weighted by atomic mass is 10.2. The molecule has 0 unspecified atom stereocenters. The molecular formula is C14H11NO3S. The lowest BCUT2D eigenvalue weighted by Gasteiger charge is -2.05. The molecule has 1 heterocycles. The first-order chi connectivity index (χ1) is 9.29. The highest BCUT2D eigenvalue weighted by molar-refractivity contribution is 8.02. The monoisotopic (exact) mass is 273 g/mol. The number of benzene rings is 1. The molecule has 96 valence electrons. The first-order valence-electron chi connectivity index (χ1n) is 5.59. The van der Waals surface area contributed by atoms with Gasteiger partial charge in [0.25, 0.3) is 0 Å². The molecule has 4 nitrogen and oxygen atoms in total. The third-order valence-corrected chi connectivity index (χ3v) is 2.93. The van der Waals surface area contributed by atoms with Crippen molar-refractivity contribution in [1.29, 1.82) is 5.26 Å². The van der Waals surface area contributed by atoms with Gasteiger partial charge in [0.15, 0.2) is 0 Å². The highest BCUT2D eigenvalue weighted by Gasteiger charge is 2.05. The fourth-order valence-electron chi connectivity index (χ4n) is 1.46. The molecule has 0 aliphatic carbocycles. The van der Waals surface area contributed by atoms with Gasteiger partial charge in [0.2, 0.25) is 11.2 Å². The van der Waals surface area contributed by atoms with Gasteiger partial charge < -0.3 is 9.15 Å². The average molecular weight is 273 g/mol. The zero-order chi connectivity index (χ0) is 13.5. The van der Waals surface area contributed by atoms with Crippen LogP contribution in [0.5, 0.6) is 5.75 Å². The third kappa shape index (κ3) is 3.90. The molecule has 0 saturated carbocycles. The molecule has 2 aromatic rings. The molecule has 0 fully saturated rings. The van der Waals surface area contributed by atoms with E-state index in [0.717, 1.165) is 17.3 Å². The van der Waals surface area contributed by atoms with Crippen LogP contribution in [-0.4, -0.2) is 0 Å². The van der Waals surface area contributed by atoms with Gasteiger partial charge in [-0.1, -0.05) is 30.3 Å². The first kappa shape index (κ1) is 13.2. The Morgan fingerprint density at radius 2 is 2.11 bits per heavy atom. The van der Waals surface area contributed by atoms with E-state index in [9.17, 15) is 4.79 Å². The number of thioether (sulfide) groups is 1. The molecule has 0 aliphatic rings. The van der Waals surface area contributed by atoms with Crippen LogP contribution in [0.15, 0.2) is 51.9 Å². The molecule has 0 aliphatic heterocycles. The van der Waals surface area contributed by atoms with Gasteiger partial charge in [0.1, 0.15) is 24.0 Å². The van der Waals surface area contributed by atoms with E-state index in [1.807, 2.05) is 35.7 Å². The highest BCUT2D eigenvalue weighted by Crippen LogP contribution is 2.13. The average Bonchev–Trinajstić information content (AvgIpc) is 2.45. The molecule has 0 atom stereocenters. The minimum absolute atomic E-state index is 0.176. The fraction of sp³-hybridized carbons (Fsp3) is 0.143. The van der Waals surface area contributed by atoms with Gasteiger partial charge in [0, 0.05) is 6.07 Å². The second kappa shape index (κ2) is 6.66. The van der Waals surface area contributed by atoms with Crippen LogP contribution in [0.1, 0.15) is 11.3 Å². The molecule has 0 N–H and O–H groups in total. The number of hydrogen-bond donors (Lipinski definition) is 0. The van der Waals surface area contributed by atoms with Crippen LogP contribution < -0.4 is 10.2 Å². The maximum atomic E-state index is 11.7. The highest BCUT2D eigenvalue weighted by atomic mass is 32.2. The van der Waals surface area contributed by atoms with Crippen LogP contribution in [0.4, 0.5) is 0 Å². The Hall–Kier alpha value is -2.19. The van der Waals surface area contributed by atoms with Crippen molar-refractivity contribution in [2.45, 2.75) is 12.4 Å². The summed E-state index contributed by atoms with van der Waals surface area (Å²) >= 11 is 1.02. The van der Waals surface area contributed by atoms with Crippen LogP contribution in [0.25, 0.3) is 0 Å².